The highest BCUT2D eigenvalue weighted by Crippen LogP contribution is 2.23. The summed E-state index contributed by atoms with van der Waals surface area (Å²) in [7, 11) is -2.01. The minimum Gasteiger partial charge on any atom is -0.497 e. The SMILES string of the molecule is CC[C@@H](C)NC(=O)[C@H](CC)N(Cc1ccccc1C)C(=O)CCCN(c1ccc(OC)cc1)S(C)(=O)=O. The monoisotopic (exact) mass is 531 g/mol. The van der Waals surface area contributed by atoms with Crippen LogP contribution in [0.25, 0.3) is 0 Å². The Morgan fingerprint density at radius 3 is 2.22 bits per heavy atom. The summed E-state index contributed by atoms with van der Waals surface area (Å²) in [5, 5.41) is 3.01. The highest BCUT2D eigenvalue weighted by atomic mass is 32.2. The van der Waals surface area contributed by atoms with Crippen molar-refractivity contribution in [1.82, 2.24) is 10.2 Å². The van der Waals surface area contributed by atoms with E-state index in [1.165, 1.54) is 4.31 Å². The lowest BCUT2D eigenvalue weighted by Gasteiger charge is -2.32. The number of sulfonamides is 1. The average Bonchev–Trinajstić information content (AvgIpc) is 2.86. The first-order chi connectivity index (χ1) is 17.5. The molecule has 8 nitrogen and oxygen atoms in total. The van der Waals surface area contributed by atoms with Gasteiger partial charge >= 0.3 is 0 Å². The molecule has 0 spiro atoms. The number of carbonyl (C=O) groups is 2. The van der Waals surface area contributed by atoms with Crippen LogP contribution in [0.2, 0.25) is 0 Å². The Morgan fingerprint density at radius 2 is 1.68 bits per heavy atom. The summed E-state index contributed by atoms with van der Waals surface area (Å²) in [6, 6.07) is 14.0. The number of hydrogen-bond acceptors (Lipinski definition) is 5. The lowest BCUT2D eigenvalue weighted by Crippen LogP contribution is -2.50. The summed E-state index contributed by atoms with van der Waals surface area (Å²) in [6.45, 7) is 8.28. The van der Waals surface area contributed by atoms with Crippen LogP contribution in [0.1, 0.15) is 57.6 Å². The van der Waals surface area contributed by atoms with E-state index in [9.17, 15) is 18.0 Å². The predicted octanol–water partition coefficient (Wildman–Crippen LogP) is 4.27. The number of nitrogens with zero attached hydrogens (tertiary/aromatic N) is 2. The van der Waals surface area contributed by atoms with Gasteiger partial charge in [0, 0.05) is 25.6 Å². The standard InChI is InChI=1S/C28H41N3O5S/c1-7-22(4)29-28(33)26(8-2)30(20-23-13-10-9-12-21(23)3)27(32)14-11-19-31(37(6,34)35)24-15-17-25(36-5)18-16-24/h9-10,12-13,15-18,22,26H,7-8,11,14,19-20H2,1-6H3,(H,29,33)/t22-,26+/m1/s1. The van der Waals surface area contributed by atoms with Crippen molar-refractivity contribution in [3.05, 3.63) is 59.7 Å². The number of nitrogens with one attached hydrogen (secondary N) is 1. The van der Waals surface area contributed by atoms with E-state index < -0.39 is 16.1 Å². The Labute approximate surface area is 222 Å². The molecule has 2 amide bonds. The number of amides is 2. The van der Waals surface area contributed by atoms with E-state index in [2.05, 4.69) is 5.32 Å². The summed E-state index contributed by atoms with van der Waals surface area (Å²) in [5.74, 6) is 0.271. The fraction of sp³-hybridized carbons (Fsp3) is 0.500. The smallest absolute Gasteiger partial charge is 0.243 e. The number of carbonyl (C=O) groups excluding carboxylic acids is 2. The van der Waals surface area contributed by atoms with Crippen molar-refractivity contribution in [3.63, 3.8) is 0 Å². The first-order valence-electron chi connectivity index (χ1n) is 12.8. The number of aryl methyl sites for hydroxylation is 1. The molecule has 0 unspecified atom stereocenters. The van der Waals surface area contributed by atoms with Crippen molar-refractivity contribution < 1.29 is 22.7 Å². The Balaban J connectivity index is 2.23. The molecule has 204 valence electrons. The molecule has 2 rings (SSSR count). The van der Waals surface area contributed by atoms with E-state index in [1.54, 1.807) is 36.3 Å². The van der Waals surface area contributed by atoms with Crippen LogP contribution in [0.3, 0.4) is 0 Å². The first kappa shape index (κ1) is 30.2. The third-order valence-electron chi connectivity index (χ3n) is 6.50. The van der Waals surface area contributed by atoms with Crippen LogP contribution in [-0.2, 0) is 26.2 Å². The second-order valence-electron chi connectivity index (χ2n) is 9.33. The van der Waals surface area contributed by atoms with Gasteiger partial charge in [0.25, 0.3) is 0 Å². The molecule has 0 aliphatic rings. The van der Waals surface area contributed by atoms with Crippen molar-refractivity contribution in [3.8, 4) is 5.75 Å². The maximum atomic E-state index is 13.5. The Kier molecular flexibility index (Phi) is 11.4. The van der Waals surface area contributed by atoms with Crippen LogP contribution in [0, 0.1) is 6.92 Å². The van der Waals surface area contributed by atoms with E-state index in [0.717, 1.165) is 23.8 Å². The van der Waals surface area contributed by atoms with Gasteiger partial charge in [-0.25, -0.2) is 8.42 Å². The fourth-order valence-electron chi connectivity index (χ4n) is 4.08. The maximum absolute atomic E-state index is 13.5. The normalized spacial score (nSPS) is 12.9. The van der Waals surface area contributed by atoms with Crippen LogP contribution in [0.4, 0.5) is 5.69 Å². The molecule has 0 aromatic heterocycles. The number of rotatable bonds is 14. The van der Waals surface area contributed by atoms with Crippen molar-refractivity contribution in [1.29, 1.82) is 0 Å². The molecule has 0 heterocycles. The lowest BCUT2D eigenvalue weighted by atomic mass is 10.0. The highest BCUT2D eigenvalue weighted by Gasteiger charge is 2.29. The van der Waals surface area contributed by atoms with Crippen LogP contribution in [0.15, 0.2) is 48.5 Å². The molecule has 2 aromatic rings. The molecule has 0 saturated carbocycles. The first-order valence-corrected chi connectivity index (χ1v) is 14.6. The van der Waals surface area contributed by atoms with Crippen molar-refractivity contribution >= 4 is 27.5 Å². The van der Waals surface area contributed by atoms with Gasteiger partial charge in [0.2, 0.25) is 21.8 Å². The van der Waals surface area contributed by atoms with Gasteiger partial charge in [0.1, 0.15) is 11.8 Å². The van der Waals surface area contributed by atoms with Gasteiger partial charge in [-0.1, -0.05) is 38.1 Å². The van der Waals surface area contributed by atoms with Gasteiger partial charge in [0.15, 0.2) is 0 Å². The quantitative estimate of drug-likeness (QED) is 0.393. The minimum absolute atomic E-state index is 0.00443. The van der Waals surface area contributed by atoms with Crippen LogP contribution < -0.4 is 14.4 Å². The number of hydrogen-bond donors (Lipinski definition) is 1. The number of methoxy groups -OCH3 is 1. The van der Waals surface area contributed by atoms with Gasteiger partial charge in [-0.2, -0.15) is 0 Å². The Bertz CT molecular complexity index is 1130. The van der Waals surface area contributed by atoms with Gasteiger partial charge in [0.05, 0.1) is 19.1 Å². The molecular weight excluding hydrogens is 490 g/mol. The van der Waals surface area contributed by atoms with Gasteiger partial charge in [-0.05, 0) is 68.5 Å². The van der Waals surface area contributed by atoms with E-state index >= 15 is 0 Å². The van der Waals surface area contributed by atoms with E-state index in [-0.39, 0.29) is 30.8 Å². The number of benzene rings is 2. The average molecular weight is 532 g/mol. The number of ether oxygens (including phenoxy) is 1. The zero-order valence-corrected chi connectivity index (χ0v) is 23.7. The summed E-state index contributed by atoms with van der Waals surface area (Å²) >= 11 is 0. The Hall–Kier alpha value is -3.07. The molecule has 0 fully saturated rings. The number of anilines is 1. The van der Waals surface area contributed by atoms with Crippen LogP contribution >= 0.6 is 0 Å². The van der Waals surface area contributed by atoms with Gasteiger partial charge in [-0.3, -0.25) is 13.9 Å². The molecular formula is C28H41N3O5S. The Morgan fingerprint density at radius 1 is 1.03 bits per heavy atom. The van der Waals surface area contributed by atoms with Crippen molar-refractivity contribution in [2.75, 3.05) is 24.2 Å². The third kappa shape index (κ3) is 8.77. The lowest BCUT2D eigenvalue weighted by molar-refractivity contribution is -0.141. The third-order valence-corrected chi connectivity index (χ3v) is 7.70. The van der Waals surface area contributed by atoms with E-state index in [1.807, 2.05) is 52.0 Å². The molecule has 2 atom stereocenters. The van der Waals surface area contributed by atoms with E-state index in [0.29, 0.717) is 30.8 Å². The molecule has 0 bridgehead atoms. The van der Waals surface area contributed by atoms with E-state index in [4.69, 9.17) is 4.74 Å². The van der Waals surface area contributed by atoms with Gasteiger partial charge < -0.3 is 15.0 Å². The molecule has 37 heavy (non-hydrogen) atoms. The largest absolute Gasteiger partial charge is 0.497 e. The topological polar surface area (TPSA) is 96.0 Å². The zero-order chi connectivity index (χ0) is 27.6. The van der Waals surface area contributed by atoms with Gasteiger partial charge in [-0.15, -0.1) is 0 Å². The fourth-order valence-corrected chi connectivity index (χ4v) is 5.05. The van der Waals surface area contributed by atoms with Crippen molar-refractivity contribution in [2.24, 2.45) is 0 Å². The summed E-state index contributed by atoms with van der Waals surface area (Å²) in [5.41, 5.74) is 2.52. The van der Waals surface area contributed by atoms with Crippen LogP contribution in [-0.4, -0.2) is 57.1 Å². The molecule has 0 aliphatic heterocycles. The predicted molar refractivity (Wildman–Crippen MR) is 148 cm³/mol. The summed E-state index contributed by atoms with van der Waals surface area (Å²) < 4.78 is 31.4. The second-order valence-corrected chi connectivity index (χ2v) is 11.2. The molecule has 0 saturated heterocycles. The molecule has 0 aliphatic carbocycles. The second kappa shape index (κ2) is 14.0. The molecule has 0 radical (unpaired) electrons. The van der Waals surface area contributed by atoms with Crippen molar-refractivity contribution in [2.45, 2.75) is 72.0 Å². The van der Waals surface area contributed by atoms with Crippen LogP contribution in [0.5, 0.6) is 5.75 Å². The molecule has 2 aromatic carbocycles. The zero-order valence-electron chi connectivity index (χ0n) is 22.9. The molecule has 9 heteroatoms. The minimum atomic E-state index is -3.56. The highest BCUT2D eigenvalue weighted by molar-refractivity contribution is 7.92. The summed E-state index contributed by atoms with van der Waals surface area (Å²) in [4.78, 5) is 28.3. The summed E-state index contributed by atoms with van der Waals surface area (Å²) in [6.07, 6.45) is 2.84. The molecule has 1 N–H and O–H groups in total. The maximum Gasteiger partial charge on any atom is 0.243 e.